The Labute approximate surface area is 140 Å². The number of nitrogens with one attached hydrogen (secondary N) is 1. The van der Waals surface area contributed by atoms with Crippen LogP contribution in [0.25, 0.3) is 11.3 Å². The highest BCUT2D eigenvalue weighted by Crippen LogP contribution is 2.24. The third-order valence-corrected chi connectivity index (χ3v) is 4.43. The molecule has 3 aromatic rings. The number of benzene rings is 2. The molecule has 3 rings (SSSR count). The molecule has 0 atom stereocenters. The molecule has 1 N–H and O–H groups in total. The van der Waals surface area contributed by atoms with Gasteiger partial charge in [-0.25, -0.2) is 4.98 Å². The van der Waals surface area contributed by atoms with Gasteiger partial charge < -0.3 is 5.32 Å². The number of rotatable bonds is 4. The fraction of sp³-hybridized carbons (Fsp3) is 0.158. The van der Waals surface area contributed by atoms with Crippen molar-refractivity contribution in [1.29, 1.82) is 0 Å². The van der Waals surface area contributed by atoms with E-state index in [0.29, 0.717) is 5.56 Å². The second-order valence-electron chi connectivity index (χ2n) is 5.34. The molecular formula is C19H18N2OS. The standard InChI is InChI=1S/C19H18N2OS/c1-3-14-7-9-15(10-8-14)19(22)21-17-6-4-5-16(11-17)18-12-23-13(2)20-18/h4-12H,3H2,1-2H3,(H,21,22). The maximum Gasteiger partial charge on any atom is 0.255 e. The molecule has 0 aliphatic rings. The summed E-state index contributed by atoms with van der Waals surface area (Å²) in [5.74, 6) is -0.0979. The van der Waals surface area contributed by atoms with Gasteiger partial charge in [0.25, 0.3) is 5.91 Å². The molecule has 1 amide bonds. The molecule has 0 aliphatic heterocycles. The van der Waals surface area contributed by atoms with Crippen LogP contribution in [0.5, 0.6) is 0 Å². The van der Waals surface area contributed by atoms with Gasteiger partial charge in [0.1, 0.15) is 0 Å². The van der Waals surface area contributed by atoms with Gasteiger partial charge in [-0.15, -0.1) is 11.3 Å². The van der Waals surface area contributed by atoms with Gasteiger partial charge in [0.2, 0.25) is 0 Å². The SMILES string of the molecule is CCc1ccc(C(=O)Nc2cccc(-c3csc(C)n3)c2)cc1. The number of thiazole rings is 1. The van der Waals surface area contributed by atoms with Crippen molar-refractivity contribution in [3.63, 3.8) is 0 Å². The second-order valence-corrected chi connectivity index (χ2v) is 6.40. The molecule has 1 heterocycles. The Kier molecular flexibility index (Phi) is 4.53. The van der Waals surface area contributed by atoms with E-state index in [1.54, 1.807) is 11.3 Å². The highest BCUT2D eigenvalue weighted by atomic mass is 32.1. The molecule has 0 unspecified atom stereocenters. The lowest BCUT2D eigenvalue weighted by molar-refractivity contribution is 0.102. The van der Waals surface area contributed by atoms with Crippen LogP contribution in [-0.4, -0.2) is 10.9 Å². The van der Waals surface area contributed by atoms with Crippen LogP contribution in [0, 0.1) is 6.92 Å². The fourth-order valence-corrected chi connectivity index (χ4v) is 2.97. The van der Waals surface area contributed by atoms with Gasteiger partial charge >= 0.3 is 0 Å². The summed E-state index contributed by atoms with van der Waals surface area (Å²) in [5.41, 5.74) is 4.61. The quantitative estimate of drug-likeness (QED) is 0.739. The van der Waals surface area contributed by atoms with Gasteiger partial charge in [-0.05, 0) is 43.2 Å². The van der Waals surface area contributed by atoms with E-state index in [4.69, 9.17) is 0 Å². The summed E-state index contributed by atoms with van der Waals surface area (Å²) in [6.07, 6.45) is 0.969. The Bertz CT molecular complexity index is 821. The first-order valence-corrected chi connectivity index (χ1v) is 8.46. The van der Waals surface area contributed by atoms with Crippen molar-refractivity contribution in [1.82, 2.24) is 4.98 Å². The molecule has 0 radical (unpaired) electrons. The lowest BCUT2D eigenvalue weighted by Gasteiger charge is -2.07. The minimum atomic E-state index is -0.0979. The highest BCUT2D eigenvalue weighted by Gasteiger charge is 2.08. The average Bonchev–Trinajstić information content (AvgIpc) is 3.02. The number of hydrogen-bond donors (Lipinski definition) is 1. The van der Waals surface area contributed by atoms with Gasteiger partial charge in [0.15, 0.2) is 0 Å². The molecule has 1 aromatic heterocycles. The number of carbonyl (C=O) groups excluding carboxylic acids is 1. The molecule has 3 nitrogen and oxygen atoms in total. The normalized spacial score (nSPS) is 10.5. The first-order valence-electron chi connectivity index (χ1n) is 7.58. The van der Waals surface area contributed by atoms with E-state index in [1.807, 2.05) is 60.8 Å². The Morgan fingerprint density at radius 1 is 1.17 bits per heavy atom. The van der Waals surface area contributed by atoms with Gasteiger partial charge in [0, 0.05) is 22.2 Å². The van der Waals surface area contributed by atoms with Crippen LogP contribution in [0.15, 0.2) is 53.9 Å². The van der Waals surface area contributed by atoms with E-state index >= 15 is 0 Å². The molecule has 0 spiro atoms. The maximum atomic E-state index is 12.3. The zero-order chi connectivity index (χ0) is 16.2. The third kappa shape index (κ3) is 3.66. The molecule has 4 heteroatoms. The molecule has 116 valence electrons. The first-order chi connectivity index (χ1) is 11.2. The smallest absolute Gasteiger partial charge is 0.255 e. The van der Waals surface area contributed by atoms with Crippen LogP contribution in [0.2, 0.25) is 0 Å². The highest BCUT2D eigenvalue weighted by molar-refractivity contribution is 7.09. The summed E-state index contributed by atoms with van der Waals surface area (Å²) in [5, 5.41) is 6.01. The number of amides is 1. The minimum Gasteiger partial charge on any atom is -0.322 e. The Balaban J connectivity index is 1.78. The Hall–Kier alpha value is -2.46. The number of hydrogen-bond acceptors (Lipinski definition) is 3. The summed E-state index contributed by atoms with van der Waals surface area (Å²) < 4.78 is 0. The minimum absolute atomic E-state index is 0.0979. The van der Waals surface area contributed by atoms with Crippen molar-refractivity contribution >= 4 is 22.9 Å². The number of carbonyl (C=O) groups is 1. The van der Waals surface area contributed by atoms with Gasteiger partial charge in [-0.1, -0.05) is 31.2 Å². The van der Waals surface area contributed by atoms with E-state index in [0.717, 1.165) is 28.4 Å². The zero-order valence-corrected chi connectivity index (χ0v) is 14.0. The van der Waals surface area contributed by atoms with E-state index in [-0.39, 0.29) is 5.91 Å². The lowest BCUT2D eigenvalue weighted by Crippen LogP contribution is -2.11. The molecule has 2 aromatic carbocycles. The van der Waals surface area contributed by atoms with E-state index in [9.17, 15) is 4.79 Å². The second kappa shape index (κ2) is 6.75. The molecule has 0 saturated carbocycles. The van der Waals surface area contributed by atoms with Crippen molar-refractivity contribution in [3.05, 3.63) is 70.0 Å². The Morgan fingerprint density at radius 2 is 1.96 bits per heavy atom. The van der Waals surface area contributed by atoms with Crippen molar-refractivity contribution in [3.8, 4) is 11.3 Å². The van der Waals surface area contributed by atoms with Gasteiger partial charge in [0.05, 0.1) is 10.7 Å². The zero-order valence-electron chi connectivity index (χ0n) is 13.2. The lowest BCUT2D eigenvalue weighted by atomic mass is 10.1. The van der Waals surface area contributed by atoms with Crippen LogP contribution in [0.1, 0.15) is 27.9 Å². The molecule has 0 fully saturated rings. The van der Waals surface area contributed by atoms with Crippen molar-refractivity contribution in [2.75, 3.05) is 5.32 Å². The largest absolute Gasteiger partial charge is 0.322 e. The van der Waals surface area contributed by atoms with Crippen molar-refractivity contribution in [2.45, 2.75) is 20.3 Å². The molecular weight excluding hydrogens is 304 g/mol. The van der Waals surface area contributed by atoms with Crippen molar-refractivity contribution in [2.24, 2.45) is 0 Å². The topological polar surface area (TPSA) is 42.0 Å². The van der Waals surface area contributed by atoms with Crippen LogP contribution in [0.4, 0.5) is 5.69 Å². The molecule has 0 saturated heterocycles. The summed E-state index contributed by atoms with van der Waals surface area (Å²) in [4.78, 5) is 16.8. The Morgan fingerprint density at radius 3 is 2.61 bits per heavy atom. The molecule has 0 aliphatic carbocycles. The predicted molar refractivity (Wildman–Crippen MR) is 96.1 cm³/mol. The van der Waals surface area contributed by atoms with Crippen LogP contribution in [0.3, 0.4) is 0 Å². The monoisotopic (exact) mass is 322 g/mol. The van der Waals surface area contributed by atoms with Gasteiger partial charge in [-0.3, -0.25) is 4.79 Å². The summed E-state index contributed by atoms with van der Waals surface area (Å²) >= 11 is 1.62. The number of nitrogens with zero attached hydrogens (tertiary/aromatic N) is 1. The van der Waals surface area contributed by atoms with Gasteiger partial charge in [-0.2, -0.15) is 0 Å². The van der Waals surface area contributed by atoms with Crippen LogP contribution >= 0.6 is 11.3 Å². The summed E-state index contributed by atoms with van der Waals surface area (Å²) in [6, 6.07) is 15.5. The molecule has 0 bridgehead atoms. The number of aryl methyl sites for hydroxylation is 2. The van der Waals surface area contributed by atoms with Crippen LogP contribution < -0.4 is 5.32 Å². The average molecular weight is 322 g/mol. The fourth-order valence-electron chi connectivity index (χ4n) is 2.35. The summed E-state index contributed by atoms with van der Waals surface area (Å²) in [6.45, 7) is 4.08. The van der Waals surface area contributed by atoms with Crippen molar-refractivity contribution < 1.29 is 4.79 Å². The van der Waals surface area contributed by atoms with E-state index in [2.05, 4.69) is 17.2 Å². The first kappa shape index (κ1) is 15.4. The number of anilines is 1. The van der Waals surface area contributed by atoms with Crippen LogP contribution in [-0.2, 0) is 6.42 Å². The van der Waals surface area contributed by atoms with E-state index < -0.39 is 0 Å². The molecule has 23 heavy (non-hydrogen) atoms. The predicted octanol–water partition coefficient (Wildman–Crippen LogP) is 4.93. The third-order valence-electron chi connectivity index (χ3n) is 3.66. The summed E-state index contributed by atoms with van der Waals surface area (Å²) in [7, 11) is 0. The number of aromatic nitrogens is 1. The van der Waals surface area contributed by atoms with E-state index in [1.165, 1.54) is 5.56 Å². The maximum absolute atomic E-state index is 12.3.